The van der Waals surface area contributed by atoms with Crippen LogP contribution in [0.2, 0.25) is 0 Å². The monoisotopic (exact) mass is 230 g/mol. The number of hydrogen-bond acceptors (Lipinski definition) is 1. The summed E-state index contributed by atoms with van der Waals surface area (Å²) in [5.41, 5.74) is 2.17. The van der Waals surface area contributed by atoms with Gasteiger partial charge < -0.3 is 9.88 Å². The van der Waals surface area contributed by atoms with Crippen LogP contribution in [0.25, 0.3) is 10.9 Å². The number of carbonyl (C=O) groups is 1. The number of nitrogens with one attached hydrogen (secondary N) is 1. The lowest BCUT2D eigenvalue weighted by Crippen LogP contribution is -2.31. The molecule has 0 atom stereocenters. The number of nitrogens with zero attached hydrogens (tertiary/aromatic N) is 1. The molecule has 2 rings (SSSR count). The molecule has 1 aromatic heterocycles. The second-order valence-corrected chi connectivity index (χ2v) is 4.10. The van der Waals surface area contributed by atoms with Gasteiger partial charge in [0.2, 0.25) is 5.91 Å². The number of rotatable bonds is 4. The fourth-order valence-electron chi connectivity index (χ4n) is 2.13. The average Bonchev–Trinajstić information content (AvgIpc) is 2.74. The number of likely N-dealkylation sites (N-methyl/N-ethyl adjacent to an activating group) is 1. The van der Waals surface area contributed by atoms with Gasteiger partial charge in [-0.05, 0) is 25.5 Å². The Morgan fingerprint density at radius 1 is 1.24 bits per heavy atom. The van der Waals surface area contributed by atoms with Crippen molar-refractivity contribution in [2.24, 2.45) is 0 Å². The lowest BCUT2D eigenvalue weighted by molar-refractivity contribution is -0.130. The Morgan fingerprint density at radius 2 is 1.94 bits per heavy atom. The number of hydrogen-bond donors (Lipinski definition) is 1. The van der Waals surface area contributed by atoms with Gasteiger partial charge in [-0.15, -0.1) is 0 Å². The summed E-state index contributed by atoms with van der Waals surface area (Å²) >= 11 is 0. The van der Waals surface area contributed by atoms with Gasteiger partial charge >= 0.3 is 0 Å². The van der Waals surface area contributed by atoms with Gasteiger partial charge in [0.15, 0.2) is 0 Å². The maximum Gasteiger partial charge on any atom is 0.227 e. The highest BCUT2D eigenvalue weighted by Gasteiger charge is 2.12. The summed E-state index contributed by atoms with van der Waals surface area (Å²) in [5, 5.41) is 1.15. The third-order valence-electron chi connectivity index (χ3n) is 3.13. The van der Waals surface area contributed by atoms with Crippen molar-refractivity contribution in [3.05, 3.63) is 36.0 Å². The van der Waals surface area contributed by atoms with Crippen molar-refractivity contribution >= 4 is 16.8 Å². The lowest BCUT2D eigenvalue weighted by atomic mass is 10.1. The van der Waals surface area contributed by atoms with Crippen molar-refractivity contribution in [1.82, 2.24) is 9.88 Å². The molecule has 0 aliphatic carbocycles. The van der Waals surface area contributed by atoms with Crippen molar-refractivity contribution in [3.63, 3.8) is 0 Å². The van der Waals surface area contributed by atoms with Crippen LogP contribution in [0.4, 0.5) is 0 Å². The smallest absolute Gasteiger partial charge is 0.227 e. The third kappa shape index (κ3) is 2.33. The number of H-pyrrole nitrogens is 1. The molecule has 0 spiro atoms. The number of carbonyl (C=O) groups excluding carboxylic acids is 1. The van der Waals surface area contributed by atoms with Crippen LogP contribution in [0.5, 0.6) is 0 Å². The van der Waals surface area contributed by atoms with Crippen LogP contribution < -0.4 is 0 Å². The molecule has 0 aliphatic heterocycles. The third-order valence-corrected chi connectivity index (χ3v) is 3.13. The highest BCUT2D eigenvalue weighted by atomic mass is 16.2. The molecule has 90 valence electrons. The molecule has 1 N–H and O–H groups in total. The number of para-hydroxylation sites is 1. The fourth-order valence-corrected chi connectivity index (χ4v) is 2.13. The lowest BCUT2D eigenvalue weighted by Gasteiger charge is -2.18. The van der Waals surface area contributed by atoms with E-state index >= 15 is 0 Å². The van der Waals surface area contributed by atoms with Crippen LogP contribution in [0.1, 0.15) is 19.4 Å². The summed E-state index contributed by atoms with van der Waals surface area (Å²) in [7, 11) is 0. The van der Waals surface area contributed by atoms with Crippen molar-refractivity contribution in [1.29, 1.82) is 0 Å². The van der Waals surface area contributed by atoms with E-state index in [9.17, 15) is 4.79 Å². The van der Waals surface area contributed by atoms with Gasteiger partial charge in [0, 0.05) is 30.2 Å². The largest absolute Gasteiger partial charge is 0.361 e. The predicted molar refractivity (Wildman–Crippen MR) is 69.9 cm³/mol. The number of aromatic amines is 1. The van der Waals surface area contributed by atoms with E-state index in [1.165, 1.54) is 0 Å². The van der Waals surface area contributed by atoms with E-state index < -0.39 is 0 Å². The summed E-state index contributed by atoms with van der Waals surface area (Å²) in [6.07, 6.45) is 2.41. The molecule has 3 nitrogen and oxygen atoms in total. The van der Waals surface area contributed by atoms with Crippen molar-refractivity contribution in [2.75, 3.05) is 13.1 Å². The highest BCUT2D eigenvalue weighted by molar-refractivity contribution is 5.88. The molecule has 1 heterocycles. The molecule has 0 fully saturated rings. The quantitative estimate of drug-likeness (QED) is 0.861. The predicted octanol–water partition coefficient (Wildman–Crippen LogP) is 2.58. The van der Waals surface area contributed by atoms with E-state index in [2.05, 4.69) is 11.1 Å². The average molecular weight is 230 g/mol. The minimum Gasteiger partial charge on any atom is -0.361 e. The van der Waals surface area contributed by atoms with Crippen molar-refractivity contribution in [2.45, 2.75) is 20.3 Å². The van der Waals surface area contributed by atoms with E-state index in [0.29, 0.717) is 6.42 Å². The van der Waals surface area contributed by atoms with E-state index in [1.54, 1.807) is 0 Å². The Morgan fingerprint density at radius 3 is 2.65 bits per heavy atom. The molecular weight excluding hydrogens is 212 g/mol. The molecule has 2 aromatic rings. The minimum atomic E-state index is 0.194. The Bertz CT molecular complexity index is 512. The molecule has 17 heavy (non-hydrogen) atoms. The van der Waals surface area contributed by atoms with E-state index in [1.807, 2.05) is 43.1 Å². The van der Waals surface area contributed by atoms with Gasteiger partial charge in [-0.1, -0.05) is 18.2 Å². The molecule has 0 radical (unpaired) electrons. The second-order valence-electron chi connectivity index (χ2n) is 4.10. The van der Waals surface area contributed by atoms with Crippen LogP contribution in [-0.2, 0) is 11.2 Å². The van der Waals surface area contributed by atoms with E-state index in [-0.39, 0.29) is 5.91 Å². The first-order valence-electron chi connectivity index (χ1n) is 6.09. The minimum absolute atomic E-state index is 0.194. The zero-order valence-electron chi connectivity index (χ0n) is 10.4. The summed E-state index contributed by atoms with van der Waals surface area (Å²) in [6, 6.07) is 8.08. The van der Waals surface area contributed by atoms with Crippen molar-refractivity contribution < 1.29 is 4.79 Å². The number of aromatic nitrogens is 1. The fraction of sp³-hybridized carbons (Fsp3) is 0.357. The molecule has 0 unspecified atom stereocenters. The van der Waals surface area contributed by atoms with Gasteiger partial charge in [-0.3, -0.25) is 4.79 Å². The Hall–Kier alpha value is -1.77. The maximum absolute atomic E-state index is 12.0. The molecule has 0 aliphatic rings. The van der Waals surface area contributed by atoms with Gasteiger partial charge in [0.25, 0.3) is 0 Å². The van der Waals surface area contributed by atoms with Crippen LogP contribution in [-0.4, -0.2) is 28.9 Å². The van der Waals surface area contributed by atoms with Gasteiger partial charge in [0.05, 0.1) is 6.42 Å². The number of fused-ring (bicyclic) bond motifs is 1. The topological polar surface area (TPSA) is 36.1 Å². The van der Waals surface area contributed by atoms with E-state index in [4.69, 9.17) is 0 Å². The first-order valence-corrected chi connectivity index (χ1v) is 6.09. The number of benzene rings is 1. The summed E-state index contributed by atoms with van der Waals surface area (Å²) in [4.78, 5) is 17.1. The van der Waals surface area contributed by atoms with Gasteiger partial charge in [0.1, 0.15) is 0 Å². The molecule has 0 saturated heterocycles. The van der Waals surface area contributed by atoms with E-state index in [0.717, 1.165) is 29.6 Å². The van der Waals surface area contributed by atoms with Gasteiger partial charge in [-0.25, -0.2) is 0 Å². The Kier molecular flexibility index (Phi) is 3.47. The summed E-state index contributed by atoms with van der Waals surface area (Å²) in [5.74, 6) is 0.194. The maximum atomic E-state index is 12.0. The van der Waals surface area contributed by atoms with Crippen LogP contribution in [0.15, 0.2) is 30.5 Å². The standard InChI is InChI=1S/C14H18N2O/c1-3-16(4-2)14(17)9-11-10-15-13-8-6-5-7-12(11)13/h5-8,10,15H,3-4,9H2,1-2H3. The van der Waals surface area contributed by atoms with Crippen LogP contribution in [0, 0.1) is 0 Å². The SMILES string of the molecule is CCN(CC)C(=O)Cc1c[nH]c2ccccc12. The summed E-state index contributed by atoms with van der Waals surface area (Å²) in [6.45, 7) is 5.57. The van der Waals surface area contributed by atoms with Crippen LogP contribution in [0.3, 0.4) is 0 Å². The summed E-state index contributed by atoms with van der Waals surface area (Å²) < 4.78 is 0. The van der Waals surface area contributed by atoms with Crippen LogP contribution >= 0.6 is 0 Å². The molecule has 1 aromatic carbocycles. The molecule has 3 heteroatoms. The molecule has 1 amide bonds. The second kappa shape index (κ2) is 5.04. The Balaban J connectivity index is 2.21. The van der Waals surface area contributed by atoms with Crippen molar-refractivity contribution in [3.8, 4) is 0 Å². The first-order chi connectivity index (χ1) is 8.26. The normalized spacial score (nSPS) is 10.7. The number of amides is 1. The zero-order valence-corrected chi connectivity index (χ0v) is 10.4. The Labute approximate surface area is 101 Å². The molecule has 0 bridgehead atoms. The molecule has 0 saturated carbocycles. The molecular formula is C14H18N2O. The van der Waals surface area contributed by atoms with Gasteiger partial charge in [-0.2, -0.15) is 0 Å². The first kappa shape index (κ1) is 11.7. The highest BCUT2D eigenvalue weighted by Crippen LogP contribution is 2.18. The zero-order chi connectivity index (χ0) is 12.3.